The maximum atomic E-state index is 13.9. The van der Waals surface area contributed by atoms with Gasteiger partial charge in [-0.1, -0.05) is 24.3 Å². The number of amides is 1. The Bertz CT molecular complexity index is 1560. The van der Waals surface area contributed by atoms with Gasteiger partial charge in [-0.05, 0) is 63.1 Å². The van der Waals surface area contributed by atoms with Crippen LogP contribution in [0.1, 0.15) is 39.2 Å². The summed E-state index contributed by atoms with van der Waals surface area (Å²) in [5.41, 5.74) is 1.39. The highest BCUT2D eigenvalue weighted by Crippen LogP contribution is 2.27. The summed E-state index contributed by atoms with van der Waals surface area (Å²) < 4.78 is 35.6. The molecule has 3 heterocycles. The van der Waals surface area contributed by atoms with E-state index in [9.17, 15) is 14.0 Å². The number of carbonyl (C=O) groups is 2. The Kier molecular flexibility index (Phi) is 7.45. The molecule has 0 aliphatic carbocycles. The second-order valence-electron chi connectivity index (χ2n) is 10.1. The minimum atomic E-state index is -0.796. The van der Waals surface area contributed by atoms with Crippen LogP contribution >= 0.6 is 0 Å². The van der Waals surface area contributed by atoms with E-state index in [0.29, 0.717) is 29.9 Å². The molecule has 0 N–H and O–H groups in total. The Labute approximate surface area is 229 Å². The lowest BCUT2D eigenvalue weighted by molar-refractivity contribution is -0.135. The van der Waals surface area contributed by atoms with Crippen molar-refractivity contribution in [2.45, 2.75) is 45.4 Å². The van der Waals surface area contributed by atoms with E-state index in [0.717, 1.165) is 12.0 Å². The van der Waals surface area contributed by atoms with Crippen molar-refractivity contribution < 1.29 is 32.6 Å². The summed E-state index contributed by atoms with van der Waals surface area (Å²) in [5, 5.41) is 0. The number of aromatic nitrogens is 3. The van der Waals surface area contributed by atoms with E-state index in [-0.39, 0.29) is 23.4 Å². The summed E-state index contributed by atoms with van der Waals surface area (Å²) in [4.78, 5) is 39.0. The van der Waals surface area contributed by atoms with E-state index in [4.69, 9.17) is 18.6 Å². The fraction of sp³-hybridized carbons (Fsp3) is 0.276. The molecule has 1 fully saturated rings. The highest BCUT2D eigenvalue weighted by molar-refractivity contribution is 5.92. The average molecular weight is 547 g/mol. The van der Waals surface area contributed by atoms with Gasteiger partial charge in [0, 0.05) is 24.6 Å². The first-order valence-electron chi connectivity index (χ1n) is 12.7. The first-order valence-corrected chi connectivity index (χ1v) is 12.7. The summed E-state index contributed by atoms with van der Waals surface area (Å²) in [5.74, 6) is -0.478. The van der Waals surface area contributed by atoms with Crippen LogP contribution in [0.25, 0.3) is 28.8 Å². The summed E-state index contributed by atoms with van der Waals surface area (Å²) in [7, 11) is 0. The Balaban J connectivity index is 1.23. The van der Waals surface area contributed by atoms with Gasteiger partial charge in [-0.25, -0.2) is 19.2 Å². The molecule has 11 heteroatoms. The molecule has 0 saturated carbocycles. The number of rotatable bonds is 6. The summed E-state index contributed by atoms with van der Waals surface area (Å²) in [6, 6.07) is 13.1. The Hall–Kier alpha value is -4.80. The zero-order chi connectivity index (χ0) is 28.3. The quantitative estimate of drug-likeness (QED) is 0.208. The number of hydrogen-bond acceptors (Lipinski definition) is 9. The molecule has 1 atom stereocenters. The molecule has 5 rings (SSSR count). The Morgan fingerprint density at radius 3 is 2.62 bits per heavy atom. The van der Waals surface area contributed by atoms with E-state index in [1.54, 1.807) is 51.1 Å². The standard InChI is InChI=1S/C29H27FN4O6/c1-29(2,3)40-28(36)38-24-9-6-16-34(24)23(35)15-12-18-10-13-19(14-11-18)25-32-21-17-31-27(33-26(21)39-25)37-22-8-5-4-7-20(22)30/h4-5,7-8,10-15,17,24H,6,9,16H2,1-3H3/b15-12+/t24-/m0/s1. The fourth-order valence-electron chi connectivity index (χ4n) is 4.01. The second-order valence-corrected chi connectivity index (χ2v) is 10.1. The van der Waals surface area contributed by atoms with Crippen LogP contribution in [0.15, 0.2) is 65.2 Å². The van der Waals surface area contributed by atoms with Gasteiger partial charge in [-0.3, -0.25) is 4.79 Å². The predicted octanol–water partition coefficient (Wildman–Crippen LogP) is 6.13. The van der Waals surface area contributed by atoms with E-state index in [1.807, 2.05) is 12.1 Å². The third-order valence-corrected chi connectivity index (χ3v) is 5.85. The summed E-state index contributed by atoms with van der Waals surface area (Å²) >= 11 is 0. The molecule has 0 radical (unpaired) electrons. The van der Waals surface area contributed by atoms with Gasteiger partial charge < -0.3 is 23.5 Å². The zero-order valence-corrected chi connectivity index (χ0v) is 22.2. The number of carbonyl (C=O) groups excluding carboxylic acids is 2. The van der Waals surface area contributed by atoms with Gasteiger partial charge in [0.1, 0.15) is 11.1 Å². The number of benzene rings is 2. The number of halogens is 1. The first kappa shape index (κ1) is 26.8. The van der Waals surface area contributed by atoms with E-state index < -0.39 is 23.8 Å². The molecule has 1 amide bonds. The van der Waals surface area contributed by atoms with Crippen LogP contribution in [-0.4, -0.2) is 50.3 Å². The Morgan fingerprint density at radius 2 is 1.88 bits per heavy atom. The lowest BCUT2D eigenvalue weighted by Crippen LogP contribution is -2.38. The van der Waals surface area contributed by atoms with Crippen molar-refractivity contribution in [1.29, 1.82) is 0 Å². The number of ether oxygens (including phenoxy) is 3. The number of hydrogen-bond donors (Lipinski definition) is 0. The van der Waals surface area contributed by atoms with Crippen LogP contribution in [-0.2, 0) is 14.3 Å². The maximum Gasteiger partial charge on any atom is 0.510 e. The van der Waals surface area contributed by atoms with Crippen LogP contribution in [0.3, 0.4) is 0 Å². The minimum absolute atomic E-state index is 0.000433. The van der Waals surface area contributed by atoms with Crippen molar-refractivity contribution in [2.24, 2.45) is 0 Å². The van der Waals surface area contributed by atoms with E-state index in [1.165, 1.54) is 29.3 Å². The molecule has 0 unspecified atom stereocenters. The first-order chi connectivity index (χ1) is 19.1. The molecule has 2 aromatic carbocycles. The van der Waals surface area contributed by atoms with E-state index in [2.05, 4.69) is 15.0 Å². The van der Waals surface area contributed by atoms with Crippen LogP contribution in [0.4, 0.5) is 9.18 Å². The smallest absolute Gasteiger partial charge is 0.429 e. The number of fused-ring (bicyclic) bond motifs is 1. The lowest BCUT2D eigenvalue weighted by Gasteiger charge is -2.25. The molecule has 4 aromatic rings. The van der Waals surface area contributed by atoms with Gasteiger partial charge in [-0.2, -0.15) is 4.98 Å². The Morgan fingerprint density at radius 1 is 1.10 bits per heavy atom. The van der Waals surface area contributed by atoms with Gasteiger partial charge in [0.25, 0.3) is 5.71 Å². The molecule has 40 heavy (non-hydrogen) atoms. The van der Waals surface area contributed by atoms with Crippen molar-refractivity contribution in [3.05, 3.63) is 72.2 Å². The number of nitrogens with zero attached hydrogens (tertiary/aromatic N) is 4. The van der Waals surface area contributed by atoms with Crippen molar-refractivity contribution in [3.8, 4) is 23.2 Å². The zero-order valence-electron chi connectivity index (χ0n) is 22.2. The van der Waals surface area contributed by atoms with Crippen molar-refractivity contribution >= 4 is 29.4 Å². The third kappa shape index (κ3) is 6.42. The van der Waals surface area contributed by atoms with E-state index >= 15 is 0 Å². The maximum absolute atomic E-state index is 13.9. The lowest BCUT2D eigenvalue weighted by atomic mass is 10.1. The normalized spacial score (nSPS) is 15.5. The number of oxazole rings is 1. The third-order valence-electron chi connectivity index (χ3n) is 5.85. The van der Waals surface area contributed by atoms with Crippen LogP contribution in [0.2, 0.25) is 0 Å². The van der Waals surface area contributed by atoms with Crippen LogP contribution in [0, 0.1) is 5.82 Å². The SMILES string of the molecule is CC(C)(C)OC(=O)O[C@H]1CCCN1C(=O)/C=C/c1ccc(-c2nc3cnc(Oc4ccccc4F)nc3o2)cc1. The highest BCUT2D eigenvalue weighted by atomic mass is 19.1. The largest absolute Gasteiger partial charge is 0.510 e. The second kappa shape index (κ2) is 11.1. The van der Waals surface area contributed by atoms with Gasteiger partial charge in [0.15, 0.2) is 17.8 Å². The topological polar surface area (TPSA) is 117 Å². The van der Waals surface area contributed by atoms with Crippen molar-refractivity contribution in [3.63, 3.8) is 0 Å². The van der Waals surface area contributed by atoms with Gasteiger partial charge in [0.05, 0.1) is 6.20 Å². The van der Waals surface area contributed by atoms with Gasteiger partial charge in [0.2, 0.25) is 11.8 Å². The molecule has 10 nitrogen and oxygen atoms in total. The summed E-state index contributed by atoms with van der Waals surface area (Å²) in [6.07, 6.45) is 4.39. The number of likely N-dealkylation sites (tertiary alicyclic amines) is 1. The van der Waals surface area contributed by atoms with Crippen LogP contribution < -0.4 is 4.74 Å². The molecule has 0 spiro atoms. The van der Waals surface area contributed by atoms with Crippen LogP contribution in [0.5, 0.6) is 11.8 Å². The molecule has 1 aliphatic heterocycles. The average Bonchev–Trinajstić information content (AvgIpc) is 3.54. The molecule has 206 valence electrons. The van der Waals surface area contributed by atoms with Crippen molar-refractivity contribution in [1.82, 2.24) is 19.9 Å². The molecule has 2 aromatic heterocycles. The van der Waals surface area contributed by atoms with Crippen molar-refractivity contribution in [2.75, 3.05) is 6.54 Å². The minimum Gasteiger partial charge on any atom is -0.429 e. The number of para-hydroxylation sites is 1. The van der Waals surface area contributed by atoms with Gasteiger partial charge in [-0.15, -0.1) is 0 Å². The molecule has 0 bridgehead atoms. The molecule has 1 aliphatic rings. The molecular weight excluding hydrogens is 519 g/mol. The monoisotopic (exact) mass is 546 g/mol. The molecule has 1 saturated heterocycles. The fourth-order valence-corrected chi connectivity index (χ4v) is 4.01. The molecular formula is C29H27FN4O6. The highest BCUT2D eigenvalue weighted by Gasteiger charge is 2.32. The van der Waals surface area contributed by atoms with Gasteiger partial charge >= 0.3 is 12.2 Å². The summed E-state index contributed by atoms with van der Waals surface area (Å²) in [6.45, 7) is 5.74. The predicted molar refractivity (Wildman–Crippen MR) is 143 cm³/mol.